The number of nitriles is 1. The Bertz CT molecular complexity index is 422. The molecule has 0 N–H and O–H groups in total. The van der Waals surface area contributed by atoms with Gasteiger partial charge in [-0.15, -0.1) is 0 Å². The van der Waals surface area contributed by atoms with Crippen molar-refractivity contribution in [2.24, 2.45) is 0 Å². The molecule has 0 aromatic heterocycles. The Hall–Kier alpha value is -1.14. The summed E-state index contributed by atoms with van der Waals surface area (Å²) in [6.07, 6.45) is 3.50. The Morgan fingerprint density at radius 2 is 2.24 bits per heavy atom. The summed E-state index contributed by atoms with van der Waals surface area (Å²) in [5, 5.41) is 9.11. The molecule has 0 bridgehead atoms. The average molecular weight is 294 g/mol. The maximum atomic E-state index is 11.9. The molecule has 90 valence electrons. The molecular formula is C14H16BrNO. The van der Waals surface area contributed by atoms with Crippen LogP contribution < -0.4 is 0 Å². The molecular weight excluding hydrogens is 278 g/mol. The number of unbranched alkanes of at least 4 members (excludes halogenated alkanes) is 2. The van der Waals surface area contributed by atoms with E-state index in [-0.39, 0.29) is 5.78 Å². The van der Waals surface area contributed by atoms with Crippen LogP contribution in [0.15, 0.2) is 28.7 Å². The van der Waals surface area contributed by atoms with Gasteiger partial charge in [-0.2, -0.15) is 5.26 Å². The van der Waals surface area contributed by atoms with Crippen molar-refractivity contribution in [3.63, 3.8) is 0 Å². The van der Waals surface area contributed by atoms with Crippen LogP contribution in [-0.4, -0.2) is 5.78 Å². The van der Waals surface area contributed by atoms with Crippen LogP contribution >= 0.6 is 15.9 Å². The predicted molar refractivity (Wildman–Crippen MR) is 71.6 cm³/mol. The largest absolute Gasteiger partial charge is 0.298 e. The van der Waals surface area contributed by atoms with E-state index >= 15 is 0 Å². The lowest BCUT2D eigenvalue weighted by Crippen LogP contribution is -2.10. The second kappa shape index (κ2) is 7.24. The van der Waals surface area contributed by atoms with Gasteiger partial charge in [0.2, 0.25) is 0 Å². The molecule has 0 fully saturated rings. The third kappa shape index (κ3) is 4.32. The van der Waals surface area contributed by atoms with E-state index in [2.05, 4.69) is 28.9 Å². The summed E-state index contributed by atoms with van der Waals surface area (Å²) in [6, 6.07) is 9.51. The van der Waals surface area contributed by atoms with Gasteiger partial charge in [-0.05, 0) is 24.1 Å². The van der Waals surface area contributed by atoms with E-state index in [9.17, 15) is 4.79 Å². The smallest absolute Gasteiger partial charge is 0.154 e. The molecule has 0 saturated carbocycles. The van der Waals surface area contributed by atoms with Crippen LogP contribution in [0.4, 0.5) is 0 Å². The summed E-state index contributed by atoms with van der Waals surface area (Å²) in [5.74, 6) is -0.594. The lowest BCUT2D eigenvalue weighted by Gasteiger charge is -2.08. The number of hydrogen-bond donors (Lipinski definition) is 0. The van der Waals surface area contributed by atoms with Crippen LogP contribution in [0.1, 0.15) is 44.1 Å². The van der Waals surface area contributed by atoms with Crippen LogP contribution in [0.2, 0.25) is 0 Å². The zero-order chi connectivity index (χ0) is 12.7. The summed E-state index contributed by atoms with van der Waals surface area (Å²) in [6.45, 7) is 2.10. The van der Waals surface area contributed by atoms with Crippen molar-refractivity contribution in [3.8, 4) is 6.07 Å². The van der Waals surface area contributed by atoms with Gasteiger partial charge >= 0.3 is 0 Å². The fraction of sp³-hybridized carbons (Fsp3) is 0.429. The molecule has 0 spiro atoms. The Balaban J connectivity index is 2.72. The molecule has 1 rings (SSSR count). The highest BCUT2D eigenvalue weighted by Gasteiger charge is 2.19. The molecule has 0 saturated heterocycles. The number of hydrogen-bond acceptors (Lipinski definition) is 2. The molecule has 1 unspecified atom stereocenters. The lowest BCUT2D eigenvalue weighted by molar-refractivity contribution is -0.119. The highest BCUT2D eigenvalue weighted by molar-refractivity contribution is 9.10. The SMILES string of the molecule is CCCCCC(=O)C(C#N)c1cccc(Br)c1. The minimum absolute atomic E-state index is 0.0269. The van der Waals surface area contributed by atoms with Crippen LogP contribution in [0, 0.1) is 11.3 Å². The molecule has 0 aliphatic rings. The first-order valence-corrected chi connectivity index (χ1v) is 6.66. The van der Waals surface area contributed by atoms with Crippen molar-refractivity contribution < 1.29 is 4.79 Å². The van der Waals surface area contributed by atoms with E-state index < -0.39 is 5.92 Å². The summed E-state index contributed by atoms with van der Waals surface area (Å²) in [5.41, 5.74) is 0.781. The zero-order valence-electron chi connectivity index (χ0n) is 9.95. The average Bonchev–Trinajstić information content (AvgIpc) is 2.30. The third-order valence-electron chi connectivity index (χ3n) is 2.66. The maximum absolute atomic E-state index is 11.9. The van der Waals surface area contributed by atoms with E-state index in [0.29, 0.717) is 6.42 Å². The molecule has 1 aromatic carbocycles. The molecule has 0 aliphatic heterocycles. The van der Waals surface area contributed by atoms with Crippen molar-refractivity contribution in [2.75, 3.05) is 0 Å². The van der Waals surface area contributed by atoms with Crippen molar-refractivity contribution in [2.45, 2.75) is 38.5 Å². The van der Waals surface area contributed by atoms with E-state index in [1.807, 2.05) is 24.3 Å². The Kier molecular flexibility index (Phi) is 5.93. The lowest BCUT2D eigenvalue weighted by atomic mass is 9.93. The van der Waals surface area contributed by atoms with Crippen LogP contribution in [-0.2, 0) is 4.79 Å². The highest BCUT2D eigenvalue weighted by atomic mass is 79.9. The topological polar surface area (TPSA) is 40.9 Å². The molecule has 0 heterocycles. The Labute approximate surface area is 111 Å². The van der Waals surface area contributed by atoms with Gasteiger partial charge in [0.25, 0.3) is 0 Å². The number of Topliss-reactive ketones (excluding diaryl/α,β-unsaturated/α-hetero) is 1. The van der Waals surface area contributed by atoms with Gasteiger partial charge < -0.3 is 0 Å². The first kappa shape index (κ1) is 13.9. The molecule has 2 nitrogen and oxygen atoms in total. The first-order valence-electron chi connectivity index (χ1n) is 5.86. The summed E-state index contributed by atoms with van der Waals surface area (Å²) >= 11 is 3.35. The van der Waals surface area contributed by atoms with Crippen molar-refractivity contribution in [1.29, 1.82) is 5.26 Å². The molecule has 1 aromatic rings. The van der Waals surface area contributed by atoms with E-state index in [1.165, 1.54) is 0 Å². The van der Waals surface area contributed by atoms with Crippen LogP contribution in [0.3, 0.4) is 0 Å². The second-order valence-electron chi connectivity index (χ2n) is 4.04. The minimum Gasteiger partial charge on any atom is -0.298 e. The van der Waals surface area contributed by atoms with Gasteiger partial charge in [0.15, 0.2) is 5.78 Å². The first-order chi connectivity index (χ1) is 8.19. The maximum Gasteiger partial charge on any atom is 0.154 e. The van der Waals surface area contributed by atoms with Gasteiger partial charge in [0, 0.05) is 10.9 Å². The summed E-state index contributed by atoms with van der Waals surface area (Å²) < 4.78 is 0.900. The molecule has 0 aliphatic carbocycles. The number of carbonyl (C=O) groups is 1. The van der Waals surface area contributed by atoms with Gasteiger partial charge in [-0.3, -0.25) is 4.79 Å². The fourth-order valence-electron chi connectivity index (χ4n) is 1.71. The van der Waals surface area contributed by atoms with Crippen LogP contribution in [0.25, 0.3) is 0 Å². The van der Waals surface area contributed by atoms with E-state index in [0.717, 1.165) is 29.3 Å². The van der Waals surface area contributed by atoms with E-state index in [4.69, 9.17) is 5.26 Å². The van der Waals surface area contributed by atoms with Crippen molar-refractivity contribution in [1.82, 2.24) is 0 Å². The molecule has 1 atom stereocenters. The zero-order valence-corrected chi connectivity index (χ0v) is 11.5. The summed E-state index contributed by atoms with van der Waals surface area (Å²) in [7, 11) is 0. The number of carbonyl (C=O) groups excluding carboxylic acids is 1. The number of halogens is 1. The van der Waals surface area contributed by atoms with Crippen molar-refractivity contribution >= 4 is 21.7 Å². The quantitative estimate of drug-likeness (QED) is 0.737. The van der Waals surface area contributed by atoms with Gasteiger partial charge in [0.1, 0.15) is 5.92 Å². The molecule has 0 radical (unpaired) electrons. The number of rotatable bonds is 6. The monoisotopic (exact) mass is 293 g/mol. The van der Waals surface area contributed by atoms with E-state index in [1.54, 1.807) is 0 Å². The third-order valence-corrected chi connectivity index (χ3v) is 3.15. The van der Waals surface area contributed by atoms with Gasteiger partial charge in [-0.1, -0.05) is 47.8 Å². The van der Waals surface area contributed by atoms with Gasteiger partial charge in [0.05, 0.1) is 6.07 Å². The Morgan fingerprint density at radius 1 is 1.47 bits per heavy atom. The predicted octanol–water partition coefficient (Wildman–Crippen LogP) is 4.21. The molecule has 17 heavy (non-hydrogen) atoms. The van der Waals surface area contributed by atoms with Crippen LogP contribution in [0.5, 0.6) is 0 Å². The Morgan fingerprint density at radius 3 is 2.82 bits per heavy atom. The highest BCUT2D eigenvalue weighted by Crippen LogP contribution is 2.22. The standard InChI is InChI=1S/C14H16BrNO/c1-2-3-4-8-14(17)13(10-16)11-6-5-7-12(15)9-11/h5-7,9,13H,2-4,8H2,1H3. The number of nitrogens with zero attached hydrogens (tertiary/aromatic N) is 1. The molecule has 0 amide bonds. The second-order valence-corrected chi connectivity index (χ2v) is 4.96. The summed E-state index contributed by atoms with van der Waals surface area (Å²) in [4.78, 5) is 11.9. The number of benzene rings is 1. The normalized spacial score (nSPS) is 11.8. The fourth-order valence-corrected chi connectivity index (χ4v) is 2.13. The number of ketones is 1. The molecule has 3 heteroatoms. The minimum atomic E-state index is -0.621. The van der Waals surface area contributed by atoms with Crippen molar-refractivity contribution in [3.05, 3.63) is 34.3 Å². The van der Waals surface area contributed by atoms with Gasteiger partial charge in [-0.25, -0.2) is 0 Å².